The number of nitrogens with zero attached hydrogens (tertiary/aromatic N) is 5. The van der Waals surface area contributed by atoms with Crippen LogP contribution in [0.1, 0.15) is 31.2 Å². The van der Waals surface area contributed by atoms with Crippen LogP contribution in [0.15, 0.2) is 29.9 Å². The molecule has 0 spiro atoms. The van der Waals surface area contributed by atoms with Gasteiger partial charge in [-0.1, -0.05) is 18.7 Å². The molecule has 0 N–H and O–H groups in total. The minimum absolute atomic E-state index is 0.686. The fourth-order valence-electron chi connectivity index (χ4n) is 2.35. The minimum Gasteiger partial charge on any atom is -0.337 e. The highest BCUT2D eigenvalue weighted by atomic mass is 32.2. The Bertz CT molecular complexity index is 576. The summed E-state index contributed by atoms with van der Waals surface area (Å²) in [5.41, 5.74) is 1.18. The zero-order valence-electron chi connectivity index (χ0n) is 12.6. The average molecular weight is 303 g/mol. The van der Waals surface area contributed by atoms with Crippen LogP contribution in [-0.2, 0) is 20.1 Å². The summed E-state index contributed by atoms with van der Waals surface area (Å²) < 4.78 is 2.09. The summed E-state index contributed by atoms with van der Waals surface area (Å²) in [7, 11) is 2.05. The maximum atomic E-state index is 4.43. The zero-order chi connectivity index (χ0) is 14.7. The van der Waals surface area contributed by atoms with E-state index >= 15 is 0 Å². The first-order chi connectivity index (χ1) is 10.3. The fourth-order valence-corrected chi connectivity index (χ4v) is 2.86. The average Bonchev–Trinajstić information content (AvgIpc) is 3.25. The Morgan fingerprint density at radius 2 is 2.00 bits per heavy atom. The van der Waals surface area contributed by atoms with Gasteiger partial charge in [0.15, 0.2) is 5.16 Å². The molecular formula is C15H21N5S. The molecule has 3 rings (SSSR count). The Morgan fingerprint density at radius 3 is 2.57 bits per heavy atom. The predicted octanol–water partition coefficient (Wildman–Crippen LogP) is 2.49. The van der Waals surface area contributed by atoms with Crippen LogP contribution < -0.4 is 0 Å². The summed E-state index contributed by atoms with van der Waals surface area (Å²) in [5.74, 6) is 2.12. The van der Waals surface area contributed by atoms with E-state index in [1.807, 2.05) is 31.8 Å². The maximum Gasteiger partial charge on any atom is 0.187 e. The minimum atomic E-state index is 0.686. The first-order valence-corrected chi connectivity index (χ1v) is 8.38. The van der Waals surface area contributed by atoms with Gasteiger partial charge in [0, 0.05) is 50.0 Å². The Kier molecular flexibility index (Phi) is 4.55. The van der Waals surface area contributed by atoms with Gasteiger partial charge in [-0.3, -0.25) is 4.90 Å². The van der Waals surface area contributed by atoms with Crippen LogP contribution in [0.2, 0.25) is 0 Å². The molecule has 5 nitrogen and oxygen atoms in total. The van der Waals surface area contributed by atoms with Crippen LogP contribution in [0.25, 0.3) is 0 Å². The van der Waals surface area contributed by atoms with Gasteiger partial charge in [0.1, 0.15) is 5.82 Å². The number of hydrogen-bond donors (Lipinski definition) is 0. The van der Waals surface area contributed by atoms with Crippen molar-refractivity contribution in [2.45, 2.75) is 44.1 Å². The van der Waals surface area contributed by atoms with Crippen molar-refractivity contribution in [2.24, 2.45) is 7.05 Å². The van der Waals surface area contributed by atoms with Crippen LogP contribution in [0.3, 0.4) is 0 Å². The summed E-state index contributed by atoms with van der Waals surface area (Å²) in [5, 5.41) is 0.864. The van der Waals surface area contributed by atoms with Crippen molar-refractivity contribution in [2.75, 3.05) is 5.75 Å². The Morgan fingerprint density at radius 1 is 1.24 bits per heavy atom. The fraction of sp³-hybridized carbons (Fsp3) is 0.533. The molecule has 1 fully saturated rings. The molecule has 2 aromatic heterocycles. The van der Waals surface area contributed by atoms with Gasteiger partial charge in [0.05, 0.1) is 6.54 Å². The van der Waals surface area contributed by atoms with E-state index in [1.165, 1.54) is 18.4 Å². The standard InChI is InChI=1S/C15H21N5S/c1-3-21-15-17-8-12(9-18-15)10-20(13-4-5-13)11-14-16-6-7-19(14)2/h6-9,13H,3-5,10-11H2,1-2H3. The molecule has 1 aliphatic rings. The van der Waals surface area contributed by atoms with Gasteiger partial charge in [-0.25, -0.2) is 15.0 Å². The lowest BCUT2D eigenvalue weighted by Crippen LogP contribution is -2.26. The highest BCUT2D eigenvalue weighted by Crippen LogP contribution is 2.29. The van der Waals surface area contributed by atoms with Gasteiger partial charge < -0.3 is 4.57 Å². The van der Waals surface area contributed by atoms with Crippen molar-refractivity contribution in [1.82, 2.24) is 24.4 Å². The number of rotatable bonds is 7. The third kappa shape index (κ3) is 3.83. The highest BCUT2D eigenvalue weighted by Gasteiger charge is 2.29. The summed E-state index contributed by atoms with van der Waals surface area (Å²) in [6.07, 6.45) is 10.3. The lowest BCUT2D eigenvalue weighted by Gasteiger charge is -2.21. The predicted molar refractivity (Wildman–Crippen MR) is 83.9 cm³/mol. The smallest absolute Gasteiger partial charge is 0.187 e. The van der Waals surface area contributed by atoms with Gasteiger partial charge in [0.25, 0.3) is 0 Å². The summed E-state index contributed by atoms with van der Waals surface area (Å²) in [6.45, 7) is 3.90. The van der Waals surface area contributed by atoms with Crippen molar-refractivity contribution in [1.29, 1.82) is 0 Å². The quantitative estimate of drug-likeness (QED) is 0.581. The van der Waals surface area contributed by atoms with Crippen molar-refractivity contribution in [3.05, 3.63) is 36.2 Å². The molecule has 0 aliphatic heterocycles. The van der Waals surface area contributed by atoms with E-state index in [0.29, 0.717) is 6.04 Å². The zero-order valence-corrected chi connectivity index (χ0v) is 13.4. The van der Waals surface area contributed by atoms with Crippen LogP contribution in [0, 0.1) is 0 Å². The SMILES string of the molecule is CCSc1ncc(CN(Cc2nccn2C)C2CC2)cn1. The van der Waals surface area contributed by atoms with E-state index in [4.69, 9.17) is 0 Å². The lowest BCUT2D eigenvalue weighted by molar-refractivity contribution is 0.236. The van der Waals surface area contributed by atoms with Crippen molar-refractivity contribution < 1.29 is 0 Å². The molecule has 0 amide bonds. The molecule has 0 saturated heterocycles. The lowest BCUT2D eigenvalue weighted by atomic mass is 10.3. The molecule has 0 unspecified atom stereocenters. The second kappa shape index (κ2) is 6.58. The topological polar surface area (TPSA) is 46.8 Å². The van der Waals surface area contributed by atoms with E-state index < -0.39 is 0 Å². The number of aryl methyl sites for hydroxylation is 1. The molecular weight excluding hydrogens is 282 g/mol. The molecule has 0 aromatic carbocycles. The second-order valence-electron chi connectivity index (χ2n) is 5.40. The number of imidazole rings is 1. The van der Waals surface area contributed by atoms with Gasteiger partial charge in [-0.15, -0.1) is 0 Å². The number of thioether (sulfide) groups is 1. The summed E-state index contributed by atoms with van der Waals surface area (Å²) in [4.78, 5) is 15.8. The molecule has 21 heavy (non-hydrogen) atoms. The van der Waals surface area contributed by atoms with Gasteiger partial charge >= 0.3 is 0 Å². The van der Waals surface area contributed by atoms with Gasteiger partial charge in [-0.2, -0.15) is 0 Å². The van der Waals surface area contributed by atoms with E-state index in [2.05, 4.69) is 31.3 Å². The largest absolute Gasteiger partial charge is 0.337 e. The Hall–Kier alpha value is -1.40. The molecule has 2 aromatic rings. The molecule has 112 valence electrons. The second-order valence-corrected chi connectivity index (χ2v) is 6.63. The molecule has 1 saturated carbocycles. The molecule has 0 radical (unpaired) electrons. The van der Waals surface area contributed by atoms with E-state index in [0.717, 1.165) is 29.8 Å². The first kappa shape index (κ1) is 14.5. The van der Waals surface area contributed by atoms with Crippen LogP contribution in [0.4, 0.5) is 0 Å². The number of aromatic nitrogens is 4. The molecule has 2 heterocycles. The Balaban J connectivity index is 1.66. The van der Waals surface area contributed by atoms with Crippen LogP contribution in [-0.4, -0.2) is 36.2 Å². The molecule has 0 bridgehead atoms. The summed E-state index contributed by atoms with van der Waals surface area (Å²) >= 11 is 1.68. The molecule has 1 aliphatic carbocycles. The highest BCUT2D eigenvalue weighted by molar-refractivity contribution is 7.99. The number of hydrogen-bond acceptors (Lipinski definition) is 5. The summed E-state index contributed by atoms with van der Waals surface area (Å²) in [6, 6.07) is 0.686. The van der Waals surface area contributed by atoms with Crippen LogP contribution in [0.5, 0.6) is 0 Å². The van der Waals surface area contributed by atoms with Crippen molar-refractivity contribution in [3.8, 4) is 0 Å². The monoisotopic (exact) mass is 303 g/mol. The van der Waals surface area contributed by atoms with E-state index in [1.54, 1.807) is 11.8 Å². The molecule has 0 atom stereocenters. The normalized spacial score (nSPS) is 14.8. The third-order valence-electron chi connectivity index (χ3n) is 3.67. The van der Waals surface area contributed by atoms with Gasteiger partial charge in [0.2, 0.25) is 0 Å². The van der Waals surface area contributed by atoms with Crippen molar-refractivity contribution in [3.63, 3.8) is 0 Å². The van der Waals surface area contributed by atoms with Crippen molar-refractivity contribution >= 4 is 11.8 Å². The van der Waals surface area contributed by atoms with E-state index in [9.17, 15) is 0 Å². The van der Waals surface area contributed by atoms with E-state index in [-0.39, 0.29) is 0 Å². The Labute approximate surface area is 129 Å². The molecule has 6 heteroatoms. The first-order valence-electron chi connectivity index (χ1n) is 7.40. The van der Waals surface area contributed by atoms with Gasteiger partial charge in [-0.05, 0) is 18.6 Å². The maximum absolute atomic E-state index is 4.43. The van der Waals surface area contributed by atoms with Crippen LogP contribution >= 0.6 is 11.8 Å². The third-order valence-corrected chi connectivity index (χ3v) is 4.43.